The van der Waals surface area contributed by atoms with Crippen molar-refractivity contribution >= 4 is 38.7 Å². The second-order valence-electron chi connectivity index (χ2n) is 6.50. The quantitative estimate of drug-likeness (QED) is 0.528. The fourth-order valence-electron chi connectivity index (χ4n) is 2.12. The van der Waals surface area contributed by atoms with Crippen molar-refractivity contribution in [1.29, 1.82) is 0 Å². The molecule has 0 atom stereocenters. The van der Waals surface area contributed by atoms with Gasteiger partial charge in [0.1, 0.15) is 0 Å². The molecule has 0 bridgehead atoms. The summed E-state index contributed by atoms with van der Waals surface area (Å²) in [5, 5.41) is 2.51. The Hall–Kier alpha value is -2.72. The summed E-state index contributed by atoms with van der Waals surface area (Å²) in [7, 11) is 1.31. The van der Waals surface area contributed by atoms with Crippen LogP contribution >= 0.6 is 15.9 Å². The SMILES string of the molecule is CC(C)N.CC(C)n1c(=O)[nH]c2ccncc21.COC(=O)Nc1ccncc1Br. The molecular formula is C19H27BrN6O3. The second-order valence-corrected chi connectivity index (χ2v) is 7.36. The molecule has 0 aromatic carbocycles. The van der Waals surface area contributed by atoms with Crippen LogP contribution < -0.4 is 16.7 Å². The molecule has 10 heteroatoms. The first-order chi connectivity index (χ1) is 13.7. The summed E-state index contributed by atoms with van der Waals surface area (Å²) in [5.41, 5.74) is 7.38. The topological polar surface area (TPSA) is 128 Å². The Morgan fingerprint density at radius 2 is 1.79 bits per heavy atom. The first kappa shape index (κ1) is 24.3. The number of aromatic nitrogens is 4. The highest BCUT2D eigenvalue weighted by Gasteiger charge is 2.08. The lowest BCUT2D eigenvalue weighted by Crippen LogP contribution is -2.18. The van der Waals surface area contributed by atoms with Gasteiger partial charge in [0.15, 0.2) is 0 Å². The smallest absolute Gasteiger partial charge is 0.411 e. The van der Waals surface area contributed by atoms with E-state index in [2.05, 4.69) is 40.9 Å². The van der Waals surface area contributed by atoms with E-state index in [1.54, 1.807) is 41.5 Å². The van der Waals surface area contributed by atoms with Crippen molar-refractivity contribution in [2.24, 2.45) is 5.73 Å². The highest BCUT2D eigenvalue weighted by molar-refractivity contribution is 9.10. The molecule has 0 spiro atoms. The van der Waals surface area contributed by atoms with Crippen LogP contribution in [-0.4, -0.2) is 38.8 Å². The number of anilines is 1. The van der Waals surface area contributed by atoms with Crippen LogP contribution in [0.15, 0.2) is 46.2 Å². The minimum atomic E-state index is -0.498. The van der Waals surface area contributed by atoms with Crippen LogP contribution in [0.25, 0.3) is 11.0 Å². The highest BCUT2D eigenvalue weighted by Crippen LogP contribution is 2.19. The van der Waals surface area contributed by atoms with Gasteiger partial charge >= 0.3 is 11.8 Å². The van der Waals surface area contributed by atoms with Gasteiger partial charge in [0, 0.05) is 24.6 Å². The number of ether oxygens (including phenoxy) is 1. The van der Waals surface area contributed by atoms with Crippen LogP contribution in [0.5, 0.6) is 0 Å². The van der Waals surface area contributed by atoms with Crippen molar-refractivity contribution in [3.63, 3.8) is 0 Å². The van der Waals surface area contributed by atoms with Gasteiger partial charge in [-0.1, -0.05) is 13.8 Å². The molecule has 0 radical (unpaired) electrons. The zero-order valence-corrected chi connectivity index (χ0v) is 18.7. The number of carbonyl (C=O) groups excluding carboxylic acids is 1. The van der Waals surface area contributed by atoms with Gasteiger partial charge in [0.2, 0.25) is 0 Å². The molecule has 3 aromatic heterocycles. The van der Waals surface area contributed by atoms with Gasteiger partial charge in [-0.05, 0) is 48.0 Å². The summed E-state index contributed by atoms with van der Waals surface area (Å²) in [6.07, 6.45) is 6.04. The minimum Gasteiger partial charge on any atom is -0.453 e. The zero-order valence-electron chi connectivity index (χ0n) is 17.1. The highest BCUT2D eigenvalue weighted by atomic mass is 79.9. The number of nitrogens with two attached hydrogens (primary N) is 1. The Bertz CT molecular complexity index is 965. The van der Waals surface area contributed by atoms with Gasteiger partial charge in [-0.2, -0.15) is 0 Å². The van der Waals surface area contributed by atoms with Crippen LogP contribution in [0, 0.1) is 0 Å². The number of rotatable bonds is 2. The monoisotopic (exact) mass is 466 g/mol. The van der Waals surface area contributed by atoms with Crippen LogP contribution in [0.1, 0.15) is 33.7 Å². The van der Waals surface area contributed by atoms with Gasteiger partial charge in [0.05, 0.1) is 34.5 Å². The summed E-state index contributed by atoms with van der Waals surface area (Å²) in [6, 6.07) is 3.96. The van der Waals surface area contributed by atoms with E-state index in [4.69, 9.17) is 5.73 Å². The van der Waals surface area contributed by atoms with E-state index >= 15 is 0 Å². The van der Waals surface area contributed by atoms with Crippen molar-refractivity contribution in [3.05, 3.63) is 51.9 Å². The second kappa shape index (κ2) is 12.0. The number of fused-ring (bicyclic) bond motifs is 1. The molecule has 1 amide bonds. The van der Waals surface area contributed by atoms with Crippen molar-refractivity contribution in [2.75, 3.05) is 12.4 Å². The number of H-pyrrole nitrogens is 1. The molecule has 3 aromatic rings. The molecule has 0 saturated heterocycles. The Morgan fingerprint density at radius 1 is 1.21 bits per heavy atom. The third-order valence-corrected chi connectivity index (χ3v) is 3.86. The average molecular weight is 467 g/mol. The number of nitrogens with zero attached hydrogens (tertiary/aromatic N) is 3. The lowest BCUT2D eigenvalue weighted by Gasteiger charge is -2.05. The van der Waals surface area contributed by atoms with E-state index in [0.29, 0.717) is 11.7 Å². The fraction of sp³-hybridized carbons (Fsp3) is 0.368. The number of nitrogens with one attached hydrogen (secondary N) is 2. The van der Waals surface area contributed by atoms with Gasteiger partial charge in [0.25, 0.3) is 0 Å². The van der Waals surface area contributed by atoms with Crippen LogP contribution in [0.2, 0.25) is 0 Å². The van der Waals surface area contributed by atoms with Crippen molar-refractivity contribution in [3.8, 4) is 0 Å². The number of amides is 1. The van der Waals surface area contributed by atoms with Crippen LogP contribution in [0.3, 0.4) is 0 Å². The Labute approximate surface area is 177 Å². The molecule has 0 fully saturated rings. The summed E-state index contributed by atoms with van der Waals surface area (Å²) in [4.78, 5) is 32.8. The molecule has 158 valence electrons. The molecule has 29 heavy (non-hydrogen) atoms. The molecule has 0 unspecified atom stereocenters. The summed E-state index contributed by atoms with van der Waals surface area (Å²) in [6.45, 7) is 7.84. The number of aromatic amines is 1. The summed E-state index contributed by atoms with van der Waals surface area (Å²) < 4.78 is 6.83. The molecule has 0 aliphatic rings. The molecular weight excluding hydrogens is 440 g/mol. The van der Waals surface area contributed by atoms with Gasteiger partial charge in [-0.3, -0.25) is 19.9 Å². The molecule has 4 N–H and O–H groups in total. The van der Waals surface area contributed by atoms with Crippen LogP contribution in [0.4, 0.5) is 10.5 Å². The normalized spacial score (nSPS) is 10.1. The van der Waals surface area contributed by atoms with Crippen LogP contribution in [-0.2, 0) is 4.74 Å². The Kier molecular flexibility index (Phi) is 10.0. The van der Waals surface area contributed by atoms with Crippen molar-refractivity contribution in [2.45, 2.75) is 39.8 Å². The number of imidazole rings is 1. The van der Waals surface area contributed by atoms with Gasteiger partial charge < -0.3 is 15.5 Å². The first-order valence-electron chi connectivity index (χ1n) is 8.91. The van der Waals surface area contributed by atoms with E-state index in [9.17, 15) is 9.59 Å². The Balaban J connectivity index is 0.000000247. The van der Waals surface area contributed by atoms with Gasteiger partial charge in [-0.25, -0.2) is 9.59 Å². The molecule has 3 heterocycles. The lowest BCUT2D eigenvalue weighted by molar-refractivity contribution is 0.187. The summed E-state index contributed by atoms with van der Waals surface area (Å²) in [5.74, 6) is 0. The molecule has 3 rings (SSSR count). The summed E-state index contributed by atoms with van der Waals surface area (Å²) >= 11 is 3.22. The third-order valence-electron chi connectivity index (χ3n) is 3.23. The predicted octanol–water partition coefficient (Wildman–Crippen LogP) is 3.68. The van der Waals surface area contributed by atoms with E-state index in [-0.39, 0.29) is 11.7 Å². The lowest BCUT2D eigenvalue weighted by atomic mass is 10.3. The zero-order chi connectivity index (χ0) is 22.0. The maximum atomic E-state index is 11.5. The molecule has 0 aliphatic carbocycles. The molecule has 0 saturated carbocycles. The average Bonchev–Trinajstić information content (AvgIpc) is 2.99. The largest absolute Gasteiger partial charge is 0.453 e. The maximum absolute atomic E-state index is 11.5. The first-order valence-corrected chi connectivity index (χ1v) is 9.70. The Morgan fingerprint density at radius 3 is 2.34 bits per heavy atom. The van der Waals surface area contributed by atoms with Crippen molar-refractivity contribution in [1.82, 2.24) is 19.5 Å². The van der Waals surface area contributed by atoms with Crippen molar-refractivity contribution < 1.29 is 9.53 Å². The number of hydrogen-bond donors (Lipinski definition) is 3. The van der Waals surface area contributed by atoms with E-state index < -0.39 is 6.09 Å². The predicted molar refractivity (Wildman–Crippen MR) is 118 cm³/mol. The number of hydrogen-bond acceptors (Lipinski definition) is 6. The van der Waals surface area contributed by atoms with E-state index in [1.165, 1.54) is 7.11 Å². The van der Waals surface area contributed by atoms with E-state index in [1.807, 2.05) is 27.7 Å². The van der Waals surface area contributed by atoms with E-state index in [0.717, 1.165) is 15.5 Å². The number of pyridine rings is 2. The molecule has 9 nitrogen and oxygen atoms in total. The van der Waals surface area contributed by atoms with Gasteiger partial charge in [-0.15, -0.1) is 0 Å². The number of methoxy groups -OCH3 is 1. The maximum Gasteiger partial charge on any atom is 0.411 e. The number of halogens is 1. The third kappa shape index (κ3) is 8.04. The standard InChI is InChI=1S/C9H11N3O.C7H7BrN2O2.C3H9N/c1-6(2)12-8-5-10-4-3-7(8)11-9(12)13;1-12-7(11)10-6-2-3-9-4-5(6)8;1-3(2)4/h3-6H,1-2H3,(H,11,13);2-4H,1H3,(H,9,10,11);3H,4H2,1-2H3. The minimum absolute atomic E-state index is 0.0713. The fourth-order valence-corrected chi connectivity index (χ4v) is 2.47. The molecule has 0 aliphatic heterocycles. The number of carbonyl (C=O) groups is 1.